The van der Waals surface area contributed by atoms with Crippen molar-refractivity contribution < 1.29 is 9.53 Å². The van der Waals surface area contributed by atoms with Crippen molar-refractivity contribution in [3.8, 4) is 5.75 Å². The van der Waals surface area contributed by atoms with Crippen molar-refractivity contribution in [2.24, 2.45) is 0 Å². The molecule has 0 unspecified atom stereocenters. The number of aromatic amines is 1. The Balaban J connectivity index is 1.56. The molecule has 1 aromatic heterocycles. The second kappa shape index (κ2) is 6.64. The Hall–Kier alpha value is -2.30. The minimum absolute atomic E-state index is 0.0605. The van der Waals surface area contributed by atoms with Gasteiger partial charge in [-0.15, -0.1) is 0 Å². The molecule has 1 heterocycles. The van der Waals surface area contributed by atoms with Crippen LogP contribution in [0.4, 0.5) is 5.82 Å². The Bertz CT molecular complexity index is 628. The number of carbonyl (C=O) groups excluding carboxylic acids is 1. The topological polar surface area (TPSA) is 67.0 Å². The number of aromatic nitrogens is 2. The summed E-state index contributed by atoms with van der Waals surface area (Å²) in [5.41, 5.74) is 2.09. The average Bonchev–Trinajstić information content (AvgIpc) is 3.19. The zero-order chi connectivity index (χ0) is 15.4. The maximum Gasteiger partial charge on any atom is 0.229 e. The molecule has 5 nitrogen and oxygen atoms in total. The molecule has 5 heteroatoms. The first-order chi connectivity index (χ1) is 10.7. The van der Waals surface area contributed by atoms with E-state index in [9.17, 15) is 4.79 Å². The molecule has 1 amide bonds. The lowest BCUT2D eigenvalue weighted by Gasteiger charge is -2.04. The Morgan fingerprint density at radius 1 is 1.32 bits per heavy atom. The number of rotatable bonds is 5. The van der Waals surface area contributed by atoms with Crippen molar-refractivity contribution in [1.82, 2.24) is 10.2 Å². The number of hydrogen-bond acceptors (Lipinski definition) is 3. The number of methoxy groups -OCH3 is 1. The van der Waals surface area contributed by atoms with Crippen LogP contribution >= 0.6 is 0 Å². The predicted molar refractivity (Wildman–Crippen MR) is 85.1 cm³/mol. The highest BCUT2D eigenvalue weighted by Crippen LogP contribution is 2.33. The van der Waals surface area contributed by atoms with Gasteiger partial charge in [0.05, 0.1) is 13.5 Å². The normalized spacial score (nSPS) is 15.0. The van der Waals surface area contributed by atoms with Gasteiger partial charge in [-0.25, -0.2) is 0 Å². The van der Waals surface area contributed by atoms with Gasteiger partial charge in [0.1, 0.15) is 5.75 Å². The zero-order valence-electron chi connectivity index (χ0n) is 12.8. The van der Waals surface area contributed by atoms with E-state index in [1.807, 2.05) is 30.3 Å². The van der Waals surface area contributed by atoms with Crippen LogP contribution in [0.1, 0.15) is 42.9 Å². The van der Waals surface area contributed by atoms with Crippen molar-refractivity contribution in [3.05, 3.63) is 41.6 Å². The van der Waals surface area contributed by atoms with Gasteiger partial charge in [0, 0.05) is 17.7 Å². The first kappa shape index (κ1) is 14.6. The van der Waals surface area contributed by atoms with Crippen LogP contribution in [-0.2, 0) is 11.2 Å². The number of carbonyl (C=O) groups is 1. The number of nitrogens with zero attached hydrogens (tertiary/aromatic N) is 1. The third-order valence-corrected chi connectivity index (χ3v) is 4.18. The molecule has 1 fully saturated rings. The molecule has 1 aliphatic carbocycles. The first-order valence-electron chi connectivity index (χ1n) is 7.72. The van der Waals surface area contributed by atoms with Crippen molar-refractivity contribution in [1.29, 1.82) is 0 Å². The van der Waals surface area contributed by atoms with E-state index in [-0.39, 0.29) is 5.91 Å². The standard InChI is InChI=1S/C17H21N3O2/c1-22-14-8-6-12(7-9-14)10-17(21)18-16-11-15(19-20-16)13-4-2-3-5-13/h6-9,11,13H,2-5,10H2,1H3,(H2,18,19,20,21). The summed E-state index contributed by atoms with van der Waals surface area (Å²) in [5, 5.41) is 10.1. The number of hydrogen-bond donors (Lipinski definition) is 2. The SMILES string of the molecule is COc1ccc(CC(=O)Nc2cc(C3CCCC3)[nH]n2)cc1. The Morgan fingerprint density at radius 3 is 2.73 bits per heavy atom. The van der Waals surface area contributed by atoms with Gasteiger partial charge in [-0.1, -0.05) is 25.0 Å². The molecule has 0 spiro atoms. The third kappa shape index (κ3) is 3.47. The minimum atomic E-state index is -0.0605. The third-order valence-electron chi connectivity index (χ3n) is 4.18. The summed E-state index contributed by atoms with van der Waals surface area (Å²) >= 11 is 0. The van der Waals surface area contributed by atoms with Crippen LogP contribution in [0.15, 0.2) is 30.3 Å². The van der Waals surface area contributed by atoms with Gasteiger partial charge >= 0.3 is 0 Å². The van der Waals surface area contributed by atoms with Crippen molar-refractivity contribution in [2.45, 2.75) is 38.0 Å². The molecular formula is C17H21N3O2. The summed E-state index contributed by atoms with van der Waals surface area (Å²) in [6.45, 7) is 0. The summed E-state index contributed by atoms with van der Waals surface area (Å²) in [4.78, 5) is 12.1. The maximum absolute atomic E-state index is 12.1. The monoisotopic (exact) mass is 299 g/mol. The molecule has 2 N–H and O–H groups in total. The highest BCUT2D eigenvalue weighted by Gasteiger charge is 2.19. The van der Waals surface area contributed by atoms with Crippen LogP contribution in [0.25, 0.3) is 0 Å². The van der Waals surface area contributed by atoms with Gasteiger partial charge in [0.2, 0.25) is 5.91 Å². The minimum Gasteiger partial charge on any atom is -0.497 e. The van der Waals surface area contributed by atoms with Crippen LogP contribution in [0.3, 0.4) is 0 Å². The quantitative estimate of drug-likeness (QED) is 0.890. The lowest BCUT2D eigenvalue weighted by molar-refractivity contribution is -0.115. The molecular weight excluding hydrogens is 278 g/mol. The van der Waals surface area contributed by atoms with Gasteiger partial charge in [-0.2, -0.15) is 5.10 Å². The molecule has 0 atom stereocenters. The first-order valence-corrected chi connectivity index (χ1v) is 7.72. The van der Waals surface area contributed by atoms with E-state index in [2.05, 4.69) is 15.5 Å². The van der Waals surface area contributed by atoms with Gasteiger partial charge in [0.15, 0.2) is 5.82 Å². The molecule has 0 aliphatic heterocycles. The maximum atomic E-state index is 12.1. The van der Waals surface area contributed by atoms with E-state index in [1.54, 1.807) is 7.11 Å². The van der Waals surface area contributed by atoms with Crippen LogP contribution in [0.5, 0.6) is 5.75 Å². The smallest absolute Gasteiger partial charge is 0.229 e. The van der Waals surface area contributed by atoms with Crippen LogP contribution in [0, 0.1) is 0 Å². The van der Waals surface area contributed by atoms with Crippen LogP contribution in [-0.4, -0.2) is 23.2 Å². The molecule has 22 heavy (non-hydrogen) atoms. The molecule has 0 radical (unpaired) electrons. The fourth-order valence-corrected chi connectivity index (χ4v) is 2.96. The number of anilines is 1. The van der Waals surface area contributed by atoms with Gasteiger partial charge in [-0.05, 0) is 30.5 Å². The van der Waals surface area contributed by atoms with Crippen molar-refractivity contribution >= 4 is 11.7 Å². The Labute approximate surface area is 130 Å². The molecule has 116 valence electrons. The number of H-pyrrole nitrogens is 1. The van der Waals surface area contributed by atoms with E-state index < -0.39 is 0 Å². The second-order valence-corrected chi connectivity index (χ2v) is 5.76. The van der Waals surface area contributed by atoms with E-state index in [4.69, 9.17) is 4.74 Å². The average molecular weight is 299 g/mol. The second-order valence-electron chi connectivity index (χ2n) is 5.76. The lowest BCUT2D eigenvalue weighted by Crippen LogP contribution is -2.14. The van der Waals surface area contributed by atoms with E-state index >= 15 is 0 Å². The Kier molecular flexibility index (Phi) is 4.42. The molecule has 1 aliphatic rings. The fourth-order valence-electron chi connectivity index (χ4n) is 2.96. The largest absolute Gasteiger partial charge is 0.497 e. The number of ether oxygens (including phenoxy) is 1. The fraction of sp³-hybridized carbons (Fsp3) is 0.412. The van der Waals surface area contributed by atoms with Gasteiger partial charge < -0.3 is 10.1 Å². The summed E-state index contributed by atoms with van der Waals surface area (Å²) in [5.74, 6) is 1.91. The van der Waals surface area contributed by atoms with Crippen molar-refractivity contribution in [3.63, 3.8) is 0 Å². The summed E-state index contributed by atoms with van der Waals surface area (Å²) in [6.07, 6.45) is 5.31. The molecule has 1 aromatic carbocycles. The lowest BCUT2D eigenvalue weighted by atomic mass is 10.0. The van der Waals surface area contributed by atoms with E-state index in [0.29, 0.717) is 18.2 Å². The van der Waals surface area contributed by atoms with E-state index in [1.165, 1.54) is 25.7 Å². The summed E-state index contributed by atoms with van der Waals surface area (Å²) in [6, 6.07) is 9.46. The van der Waals surface area contributed by atoms with Gasteiger partial charge in [0.25, 0.3) is 0 Å². The van der Waals surface area contributed by atoms with Crippen LogP contribution < -0.4 is 10.1 Å². The zero-order valence-corrected chi connectivity index (χ0v) is 12.8. The summed E-state index contributed by atoms with van der Waals surface area (Å²) in [7, 11) is 1.63. The molecule has 0 saturated heterocycles. The molecule has 2 aromatic rings. The van der Waals surface area contributed by atoms with E-state index in [0.717, 1.165) is 17.0 Å². The number of amides is 1. The predicted octanol–water partition coefficient (Wildman–Crippen LogP) is 3.26. The summed E-state index contributed by atoms with van der Waals surface area (Å²) < 4.78 is 5.11. The van der Waals surface area contributed by atoms with Crippen LogP contribution in [0.2, 0.25) is 0 Å². The molecule has 3 rings (SSSR count). The molecule has 0 bridgehead atoms. The molecule has 1 saturated carbocycles. The number of benzene rings is 1. The van der Waals surface area contributed by atoms with Crippen molar-refractivity contribution in [2.75, 3.05) is 12.4 Å². The highest BCUT2D eigenvalue weighted by molar-refractivity contribution is 5.91. The number of nitrogens with one attached hydrogen (secondary N) is 2. The Morgan fingerprint density at radius 2 is 2.05 bits per heavy atom. The van der Waals surface area contributed by atoms with Gasteiger partial charge in [-0.3, -0.25) is 9.89 Å². The highest BCUT2D eigenvalue weighted by atomic mass is 16.5.